The van der Waals surface area contributed by atoms with Gasteiger partial charge in [-0.2, -0.15) is 0 Å². The average Bonchev–Trinajstić information content (AvgIpc) is 2.79. The van der Waals surface area contributed by atoms with Crippen LogP contribution in [0.2, 0.25) is 0 Å². The zero-order valence-electron chi connectivity index (χ0n) is 18.5. The first kappa shape index (κ1) is 22.4. The summed E-state index contributed by atoms with van der Waals surface area (Å²) in [6, 6.07) is 26.8. The van der Waals surface area contributed by atoms with Gasteiger partial charge in [-0.15, -0.1) is 0 Å². The molecule has 0 fully saturated rings. The molecule has 0 amide bonds. The Morgan fingerprint density at radius 2 is 1.47 bits per heavy atom. The van der Waals surface area contributed by atoms with Crippen molar-refractivity contribution in [2.45, 2.75) is 20.5 Å². The van der Waals surface area contributed by atoms with Crippen molar-refractivity contribution < 1.29 is 9.47 Å². The molecule has 4 aromatic carbocycles. The average molecular weight is 618 g/mol. The number of rotatable bonds is 6. The van der Waals surface area contributed by atoms with Crippen molar-refractivity contribution in [1.82, 2.24) is 0 Å². The van der Waals surface area contributed by atoms with Crippen molar-refractivity contribution in [3.8, 4) is 33.8 Å². The molecule has 4 rings (SSSR count). The maximum atomic E-state index is 6.63. The molecule has 0 saturated carbocycles. The van der Waals surface area contributed by atoms with E-state index in [1.54, 1.807) is 7.11 Å². The Bertz CT molecular complexity index is 1230. The summed E-state index contributed by atoms with van der Waals surface area (Å²) in [4.78, 5) is 0. The van der Waals surface area contributed by atoms with Gasteiger partial charge in [-0.05, 0) is 0 Å². The number of aryl methyl sites for hydroxylation is 2. The van der Waals surface area contributed by atoms with Gasteiger partial charge in [0.2, 0.25) is 0 Å². The van der Waals surface area contributed by atoms with Crippen LogP contribution in [0.1, 0.15) is 16.7 Å². The molecule has 0 aliphatic carbocycles. The van der Waals surface area contributed by atoms with Crippen LogP contribution in [0.15, 0.2) is 78.9 Å². The van der Waals surface area contributed by atoms with E-state index < -0.39 is 0 Å². The minimum atomic E-state index is 0.473. The normalized spacial score (nSPS) is 10.7. The van der Waals surface area contributed by atoms with Crippen molar-refractivity contribution in [2.75, 3.05) is 12.8 Å². The summed E-state index contributed by atoms with van der Waals surface area (Å²) in [6.45, 7) is 4.77. The second kappa shape index (κ2) is 9.76. The number of ether oxygens (including phenoxy) is 2. The van der Waals surface area contributed by atoms with Crippen molar-refractivity contribution in [1.29, 1.82) is 0 Å². The van der Waals surface area contributed by atoms with E-state index in [4.69, 9.17) is 15.2 Å². The molecule has 0 heterocycles. The van der Waals surface area contributed by atoms with E-state index >= 15 is 0 Å². The molecule has 0 spiro atoms. The van der Waals surface area contributed by atoms with Gasteiger partial charge >= 0.3 is 206 Å². The summed E-state index contributed by atoms with van der Waals surface area (Å²) in [7, 11) is 1.68. The molecule has 32 heavy (non-hydrogen) atoms. The molecule has 0 aliphatic heterocycles. The van der Waals surface area contributed by atoms with E-state index in [1.807, 2.05) is 36.4 Å². The number of nitrogens with two attached hydrogens (primary N) is 1. The number of benzene rings is 4. The van der Waals surface area contributed by atoms with Crippen LogP contribution in [0.3, 0.4) is 0 Å². The fourth-order valence-electron chi connectivity index (χ4n) is 4.08. The van der Waals surface area contributed by atoms with E-state index in [9.17, 15) is 0 Å². The molecule has 0 aromatic heterocycles. The van der Waals surface area contributed by atoms with Crippen LogP contribution in [0.4, 0.5) is 5.69 Å². The number of methoxy groups -OCH3 is 1. The van der Waals surface area contributed by atoms with Gasteiger partial charge in [-0.3, -0.25) is 0 Å². The minimum absolute atomic E-state index is 0.473. The molecular formula is C28H26NO2Po. The molecule has 0 atom stereocenters. The van der Waals surface area contributed by atoms with Crippen LogP contribution in [0, 0.1) is 13.8 Å². The fraction of sp³-hybridized carbons (Fsp3) is 0.143. The van der Waals surface area contributed by atoms with Gasteiger partial charge in [-0.1, -0.05) is 0 Å². The molecule has 161 valence electrons. The number of hydrogen-bond acceptors (Lipinski definition) is 3. The van der Waals surface area contributed by atoms with Gasteiger partial charge in [0.25, 0.3) is 0 Å². The van der Waals surface area contributed by atoms with E-state index in [0.717, 1.165) is 42.7 Å². The van der Waals surface area contributed by atoms with Crippen LogP contribution < -0.4 is 18.4 Å². The SMILES string of the molecule is COc1c[c]([Po])c(-c2c(N)cccc2-c2c(C)cccc2C)c(OCc2ccccc2)c1. The van der Waals surface area contributed by atoms with Gasteiger partial charge < -0.3 is 0 Å². The third-order valence-electron chi connectivity index (χ3n) is 5.61. The van der Waals surface area contributed by atoms with E-state index in [2.05, 4.69) is 56.3 Å². The summed E-state index contributed by atoms with van der Waals surface area (Å²) < 4.78 is 13.1. The number of nitrogen functional groups attached to an aromatic ring is 1. The molecule has 4 aromatic rings. The van der Waals surface area contributed by atoms with Gasteiger partial charge in [0.1, 0.15) is 0 Å². The summed E-state index contributed by atoms with van der Waals surface area (Å²) >= 11 is 1.33. The quantitative estimate of drug-likeness (QED) is 0.287. The van der Waals surface area contributed by atoms with Gasteiger partial charge in [0.05, 0.1) is 0 Å². The van der Waals surface area contributed by atoms with Gasteiger partial charge in [-0.25, -0.2) is 0 Å². The maximum absolute atomic E-state index is 6.63. The molecule has 2 N–H and O–H groups in total. The molecule has 0 aliphatic rings. The Labute approximate surface area is 205 Å². The first-order valence-electron chi connectivity index (χ1n) is 10.5. The second-order valence-electron chi connectivity index (χ2n) is 7.81. The van der Waals surface area contributed by atoms with Crippen LogP contribution in [-0.4, -0.2) is 32.2 Å². The van der Waals surface area contributed by atoms with Crippen molar-refractivity contribution in [3.63, 3.8) is 0 Å². The Kier molecular flexibility index (Phi) is 6.82. The summed E-state index contributed by atoms with van der Waals surface area (Å²) in [5.74, 6) is 1.56. The van der Waals surface area contributed by atoms with E-state index in [1.165, 1.54) is 41.8 Å². The summed E-state index contributed by atoms with van der Waals surface area (Å²) in [5, 5.41) is 0. The molecule has 0 unspecified atom stereocenters. The van der Waals surface area contributed by atoms with Crippen molar-refractivity contribution in [2.24, 2.45) is 0 Å². The summed E-state index contributed by atoms with van der Waals surface area (Å²) in [5.41, 5.74) is 15.3. The Hall–Kier alpha value is -2.82. The summed E-state index contributed by atoms with van der Waals surface area (Å²) in [6.07, 6.45) is 0. The Morgan fingerprint density at radius 1 is 0.781 bits per heavy atom. The van der Waals surface area contributed by atoms with Crippen LogP contribution in [0.25, 0.3) is 22.3 Å². The van der Waals surface area contributed by atoms with Crippen LogP contribution in [0.5, 0.6) is 11.5 Å². The van der Waals surface area contributed by atoms with E-state index in [0.29, 0.717) is 6.61 Å². The molecule has 1 radical (unpaired) electrons. The number of anilines is 1. The zero-order valence-corrected chi connectivity index (χ0v) is 21.7. The molecule has 3 nitrogen and oxygen atoms in total. The van der Waals surface area contributed by atoms with Crippen LogP contribution in [-0.2, 0) is 6.61 Å². The number of hydrogen-bond donors (Lipinski definition) is 1. The predicted molar refractivity (Wildman–Crippen MR) is 134 cm³/mol. The topological polar surface area (TPSA) is 44.5 Å². The van der Waals surface area contributed by atoms with E-state index in [-0.39, 0.29) is 0 Å². The van der Waals surface area contributed by atoms with Gasteiger partial charge in [0.15, 0.2) is 0 Å². The fourth-order valence-corrected chi connectivity index (χ4v) is 5.32. The Balaban J connectivity index is 1.92. The Morgan fingerprint density at radius 3 is 2.16 bits per heavy atom. The second-order valence-corrected chi connectivity index (χ2v) is 9.52. The molecule has 0 saturated heterocycles. The zero-order chi connectivity index (χ0) is 22.7. The standard InChI is InChI=1S/C28H26NO2.Po/c1-19-9-7-10-20(2)27(19)24-13-8-14-25(29)28(24)23-16-15-22(30-3)17-26(23)31-18-21-11-5-4-6-12-21;/h4-15,17H,18,29H2,1-3H3;. The molecule has 0 bridgehead atoms. The van der Waals surface area contributed by atoms with Crippen LogP contribution >= 0.6 is 0 Å². The first-order valence-corrected chi connectivity index (χ1v) is 12.1. The van der Waals surface area contributed by atoms with Crippen molar-refractivity contribution >= 4 is 34.0 Å². The molecule has 4 heteroatoms. The molecular weight excluding hydrogens is 591 g/mol. The van der Waals surface area contributed by atoms with Gasteiger partial charge in [0, 0.05) is 0 Å². The third kappa shape index (κ3) is 4.52. The predicted octanol–water partition coefficient (Wildman–Crippen LogP) is 5.60. The third-order valence-corrected chi connectivity index (χ3v) is 6.86. The monoisotopic (exact) mass is 617 g/mol. The van der Waals surface area contributed by atoms with Crippen molar-refractivity contribution in [3.05, 3.63) is 95.6 Å². The first-order chi connectivity index (χ1) is 15.5.